The monoisotopic (exact) mass is 227 g/mol. The van der Waals surface area contributed by atoms with Crippen molar-refractivity contribution in [2.75, 3.05) is 46.8 Å². The van der Waals surface area contributed by atoms with Crippen LogP contribution < -0.4 is 5.32 Å². The highest BCUT2D eigenvalue weighted by molar-refractivity contribution is 4.76. The molecule has 3 nitrogen and oxygen atoms in total. The molecular formula is C13H29N3. The predicted octanol–water partition coefficient (Wildman–Crippen LogP) is 1.26. The fourth-order valence-corrected chi connectivity index (χ4v) is 2.18. The summed E-state index contributed by atoms with van der Waals surface area (Å²) in [5.74, 6) is 0.995. The summed E-state index contributed by atoms with van der Waals surface area (Å²) in [6.45, 7) is 10.4. The molecular weight excluding hydrogens is 198 g/mol. The van der Waals surface area contributed by atoms with E-state index in [1.165, 1.54) is 25.9 Å². The minimum Gasteiger partial charge on any atom is -0.315 e. The van der Waals surface area contributed by atoms with Gasteiger partial charge in [0.05, 0.1) is 0 Å². The van der Waals surface area contributed by atoms with Crippen molar-refractivity contribution in [3.8, 4) is 0 Å². The molecule has 1 N–H and O–H groups in total. The van der Waals surface area contributed by atoms with E-state index >= 15 is 0 Å². The van der Waals surface area contributed by atoms with Gasteiger partial charge in [0.25, 0.3) is 0 Å². The highest BCUT2D eigenvalue weighted by Gasteiger charge is 2.20. The lowest BCUT2D eigenvalue weighted by Crippen LogP contribution is -2.43. The molecule has 0 radical (unpaired) electrons. The molecule has 0 aromatic carbocycles. The Labute approximate surface area is 101 Å². The van der Waals surface area contributed by atoms with Crippen LogP contribution in [0, 0.1) is 5.92 Å². The second kappa shape index (κ2) is 7.25. The summed E-state index contributed by atoms with van der Waals surface area (Å²) in [4.78, 5) is 4.82. The van der Waals surface area contributed by atoms with E-state index in [4.69, 9.17) is 0 Å². The van der Waals surface area contributed by atoms with Gasteiger partial charge in [-0.1, -0.05) is 6.92 Å². The summed E-state index contributed by atoms with van der Waals surface area (Å²) >= 11 is 0. The average Bonchev–Trinajstić information content (AvgIpc) is 3.00. The maximum absolute atomic E-state index is 3.57. The first-order valence-corrected chi connectivity index (χ1v) is 6.73. The van der Waals surface area contributed by atoms with Crippen molar-refractivity contribution in [3.63, 3.8) is 0 Å². The third kappa shape index (κ3) is 5.83. The first-order valence-electron chi connectivity index (χ1n) is 6.73. The molecule has 0 bridgehead atoms. The van der Waals surface area contributed by atoms with Crippen LogP contribution in [0.2, 0.25) is 0 Å². The number of hydrogen-bond acceptors (Lipinski definition) is 3. The number of nitrogens with zero attached hydrogens (tertiary/aromatic N) is 2. The molecule has 96 valence electrons. The molecule has 0 aromatic heterocycles. The Hall–Kier alpha value is -0.120. The topological polar surface area (TPSA) is 18.5 Å². The number of nitrogens with one attached hydrogen (secondary N) is 1. The third-order valence-electron chi connectivity index (χ3n) is 3.36. The summed E-state index contributed by atoms with van der Waals surface area (Å²) < 4.78 is 0. The molecule has 1 saturated carbocycles. The standard InChI is InChI=1S/C13H29N3/c1-5-16(12(2)11-15(3)4)9-8-14-10-13-6-7-13/h12-14H,5-11H2,1-4H3. The summed E-state index contributed by atoms with van der Waals surface area (Å²) in [6, 6.07) is 0.655. The lowest BCUT2D eigenvalue weighted by molar-refractivity contribution is 0.182. The average molecular weight is 227 g/mol. The summed E-state index contributed by atoms with van der Waals surface area (Å²) in [5.41, 5.74) is 0. The molecule has 0 amide bonds. The molecule has 0 saturated heterocycles. The fourth-order valence-electron chi connectivity index (χ4n) is 2.18. The SMILES string of the molecule is CCN(CCNCC1CC1)C(C)CN(C)C. The van der Waals surface area contributed by atoms with Crippen molar-refractivity contribution < 1.29 is 0 Å². The van der Waals surface area contributed by atoms with Gasteiger partial charge in [-0.3, -0.25) is 4.90 Å². The van der Waals surface area contributed by atoms with Gasteiger partial charge in [-0.05, 0) is 52.9 Å². The molecule has 0 aliphatic heterocycles. The Kier molecular flexibility index (Phi) is 6.32. The summed E-state index contributed by atoms with van der Waals surface area (Å²) in [7, 11) is 4.30. The number of rotatable bonds is 9. The molecule has 16 heavy (non-hydrogen) atoms. The van der Waals surface area contributed by atoms with Gasteiger partial charge in [0.15, 0.2) is 0 Å². The van der Waals surface area contributed by atoms with Gasteiger partial charge in [-0.2, -0.15) is 0 Å². The number of likely N-dealkylation sites (N-methyl/N-ethyl adjacent to an activating group) is 2. The second-order valence-corrected chi connectivity index (χ2v) is 5.39. The van der Waals surface area contributed by atoms with Crippen molar-refractivity contribution in [1.29, 1.82) is 0 Å². The van der Waals surface area contributed by atoms with Crippen LogP contribution in [0.1, 0.15) is 26.7 Å². The maximum Gasteiger partial charge on any atom is 0.0195 e. The third-order valence-corrected chi connectivity index (χ3v) is 3.36. The first-order chi connectivity index (χ1) is 7.63. The molecule has 1 unspecified atom stereocenters. The molecule has 1 atom stereocenters. The van der Waals surface area contributed by atoms with Crippen molar-refractivity contribution in [2.45, 2.75) is 32.7 Å². The minimum atomic E-state index is 0.655. The van der Waals surface area contributed by atoms with Crippen molar-refractivity contribution in [1.82, 2.24) is 15.1 Å². The molecule has 0 aromatic rings. The quantitative estimate of drug-likeness (QED) is 0.598. The van der Waals surface area contributed by atoms with E-state index in [-0.39, 0.29) is 0 Å². The second-order valence-electron chi connectivity index (χ2n) is 5.39. The van der Waals surface area contributed by atoms with Gasteiger partial charge >= 0.3 is 0 Å². The van der Waals surface area contributed by atoms with Crippen molar-refractivity contribution in [2.24, 2.45) is 5.92 Å². The molecule has 1 aliphatic rings. The smallest absolute Gasteiger partial charge is 0.0195 e. The first kappa shape index (κ1) is 13.9. The van der Waals surface area contributed by atoms with Crippen molar-refractivity contribution >= 4 is 0 Å². The van der Waals surface area contributed by atoms with Gasteiger partial charge in [-0.25, -0.2) is 0 Å². The Morgan fingerprint density at radius 2 is 2.00 bits per heavy atom. The molecule has 1 aliphatic carbocycles. The Bertz CT molecular complexity index is 178. The summed E-state index contributed by atoms with van der Waals surface area (Å²) in [5, 5.41) is 3.57. The van der Waals surface area contributed by atoms with Crippen LogP contribution in [0.5, 0.6) is 0 Å². The van der Waals surface area contributed by atoms with E-state index in [2.05, 4.69) is 43.1 Å². The van der Waals surface area contributed by atoms with Crippen LogP contribution in [0.3, 0.4) is 0 Å². The van der Waals surface area contributed by atoms with E-state index in [9.17, 15) is 0 Å². The van der Waals surface area contributed by atoms with Gasteiger partial charge in [0.1, 0.15) is 0 Å². The molecule has 0 spiro atoms. The van der Waals surface area contributed by atoms with Crippen LogP contribution in [-0.4, -0.2) is 62.7 Å². The van der Waals surface area contributed by atoms with Crippen LogP contribution in [0.15, 0.2) is 0 Å². The molecule has 3 heteroatoms. The number of hydrogen-bond donors (Lipinski definition) is 1. The van der Waals surface area contributed by atoms with E-state index in [0.29, 0.717) is 6.04 Å². The van der Waals surface area contributed by atoms with Crippen molar-refractivity contribution in [3.05, 3.63) is 0 Å². The Morgan fingerprint density at radius 1 is 1.31 bits per heavy atom. The Morgan fingerprint density at radius 3 is 2.50 bits per heavy atom. The molecule has 0 heterocycles. The van der Waals surface area contributed by atoms with Gasteiger partial charge < -0.3 is 10.2 Å². The highest BCUT2D eigenvalue weighted by atomic mass is 15.2. The minimum absolute atomic E-state index is 0.655. The van der Waals surface area contributed by atoms with Crippen LogP contribution in [-0.2, 0) is 0 Å². The van der Waals surface area contributed by atoms with Gasteiger partial charge in [0.2, 0.25) is 0 Å². The van der Waals surface area contributed by atoms with Crippen LogP contribution in [0.4, 0.5) is 0 Å². The van der Waals surface area contributed by atoms with Gasteiger partial charge in [-0.15, -0.1) is 0 Å². The lowest BCUT2D eigenvalue weighted by atomic mass is 10.2. The fraction of sp³-hybridized carbons (Fsp3) is 1.00. The maximum atomic E-state index is 3.57. The zero-order valence-electron chi connectivity index (χ0n) is 11.5. The van der Waals surface area contributed by atoms with E-state index in [1.54, 1.807) is 0 Å². The largest absolute Gasteiger partial charge is 0.315 e. The lowest BCUT2D eigenvalue weighted by Gasteiger charge is -2.30. The van der Waals surface area contributed by atoms with E-state index in [1.807, 2.05) is 0 Å². The predicted molar refractivity (Wildman–Crippen MR) is 70.9 cm³/mol. The zero-order valence-corrected chi connectivity index (χ0v) is 11.5. The van der Waals surface area contributed by atoms with E-state index in [0.717, 1.165) is 25.6 Å². The molecule has 1 rings (SSSR count). The molecule has 1 fully saturated rings. The van der Waals surface area contributed by atoms with Crippen LogP contribution >= 0.6 is 0 Å². The zero-order chi connectivity index (χ0) is 12.0. The summed E-state index contributed by atoms with van der Waals surface area (Å²) in [6.07, 6.45) is 2.89. The highest BCUT2D eigenvalue weighted by Crippen LogP contribution is 2.27. The van der Waals surface area contributed by atoms with Gasteiger partial charge in [0, 0.05) is 25.7 Å². The van der Waals surface area contributed by atoms with Crippen LogP contribution in [0.25, 0.3) is 0 Å². The normalized spacial score (nSPS) is 18.4. The van der Waals surface area contributed by atoms with E-state index < -0.39 is 0 Å². The Balaban J connectivity index is 2.08.